The molecule has 1 aromatic rings. The summed E-state index contributed by atoms with van der Waals surface area (Å²) in [5.41, 5.74) is 1.05. The Hall–Kier alpha value is -1.36. The molecule has 2 rings (SSSR count). The lowest BCUT2D eigenvalue weighted by atomic mass is 10.4. The summed E-state index contributed by atoms with van der Waals surface area (Å²) >= 11 is 0. The largest absolute Gasteiger partial charge is 0.349 e. The Morgan fingerprint density at radius 3 is 3.00 bits per heavy atom. The van der Waals surface area contributed by atoms with Crippen LogP contribution in [0.15, 0.2) is 12.5 Å². The molecular formula is C12H20N4O. The van der Waals surface area contributed by atoms with Crippen LogP contribution in [0.25, 0.3) is 0 Å². The Labute approximate surface area is 102 Å². The molecule has 0 atom stereocenters. The summed E-state index contributed by atoms with van der Waals surface area (Å²) in [6.07, 6.45) is 6.92. The first-order valence-corrected chi connectivity index (χ1v) is 6.09. The number of carbonyl (C=O) groups excluding carboxylic acids is 1. The Balaban J connectivity index is 1.74. The fraction of sp³-hybridized carbons (Fsp3) is 0.667. The zero-order valence-electron chi connectivity index (χ0n) is 10.5. The van der Waals surface area contributed by atoms with Crippen molar-refractivity contribution < 1.29 is 4.79 Å². The molecule has 5 heteroatoms. The lowest BCUT2D eigenvalue weighted by molar-refractivity contribution is -0.128. The van der Waals surface area contributed by atoms with Crippen molar-refractivity contribution in [3.8, 4) is 0 Å². The molecule has 0 radical (unpaired) electrons. The van der Waals surface area contributed by atoms with E-state index < -0.39 is 0 Å². The topological polar surface area (TPSA) is 50.2 Å². The number of carbonyl (C=O) groups is 1. The minimum atomic E-state index is 0.149. The van der Waals surface area contributed by atoms with Gasteiger partial charge in [0.1, 0.15) is 0 Å². The summed E-state index contributed by atoms with van der Waals surface area (Å²) in [6, 6.07) is 0.704. The summed E-state index contributed by atoms with van der Waals surface area (Å²) in [5.74, 6) is 0.149. The summed E-state index contributed by atoms with van der Waals surface area (Å²) < 4.78 is 1.98. The molecule has 1 aliphatic carbocycles. The highest BCUT2D eigenvalue weighted by Gasteiger charge is 2.20. The quantitative estimate of drug-likeness (QED) is 0.787. The zero-order valence-corrected chi connectivity index (χ0v) is 10.5. The third-order valence-corrected chi connectivity index (χ3v) is 2.92. The molecule has 1 aliphatic rings. The van der Waals surface area contributed by atoms with Crippen LogP contribution in [-0.4, -0.2) is 40.5 Å². The van der Waals surface area contributed by atoms with Gasteiger partial charge in [0.25, 0.3) is 0 Å². The van der Waals surface area contributed by atoms with Crippen LogP contribution in [0.1, 0.15) is 25.0 Å². The maximum Gasteiger partial charge on any atom is 0.223 e. The van der Waals surface area contributed by atoms with Gasteiger partial charge in [0.2, 0.25) is 5.91 Å². The maximum atomic E-state index is 11.4. The number of hydrogen-bond donors (Lipinski definition) is 1. The van der Waals surface area contributed by atoms with E-state index in [0.717, 1.165) is 12.2 Å². The highest BCUT2D eigenvalue weighted by atomic mass is 16.2. The maximum absolute atomic E-state index is 11.4. The number of nitrogens with zero attached hydrogens (tertiary/aromatic N) is 3. The second-order valence-corrected chi connectivity index (χ2v) is 4.80. The zero-order chi connectivity index (χ0) is 12.3. The van der Waals surface area contributed by atoms with Crippen molar-refractivity contribution in [2.24, 2.45) is 0 Å². The Morgan fingerprint density at radius 1 is 1.59 bits per heavy atom. The van der Waals surface area contributed by atoms with E-state index in [-0.39, 0.29) is 5.91 Å². The molecule has 1 amide bonds. The van der Waals surface area contributed by atoms with Crippen molar-refractivity contribution in [1.82, 2.24) is 19.8 Å². The summed E-state index contributed by atoms with van der Waals surface area (Å²) in [7, 11) is 3.56. The number of amides is 1. The van der Waals surface area contributed by atoms with Crippen LogP contribution in [0.3, 0.4) is 0 Å². The van der Waals surface area contributed by atoms with Gasteiger partial charge in [-0.2, -0.15) is 0 Å². The van der Waals surface area contributed by atoms with Gasteiger partial charge in [-0.3, -0.25) is 4.79 Å². The lowest BCUT2D eigenvalue weighted by Crippen LogP contribution is -2.22. The second kappa shape index (κ2) is 5.31. The Kier molecular flexibility index (Phi) is 3.78. The number of aryl methyl sites for hydroxylation is 1. The van der Waals surface area contributed by atoms with Crippen LogP contribution >= 0.6 is 0 Å². The SMILES string of the molecule is CN(C)C(=O)CCn1cnc(CNC2CC2)c1. The number of rotatable bonds is 6. The van der Waals surface area contributed by atoms with E-state index in [1.54, 1.807) is 25.3 Å². The van der Waals surface area contributed by atoms with E-state index in [4.69, 9.17) is 0 Å². The molecule has 1 saturated carbocycles. The minimum absolute atomic E-state index is 0.149. The number of hydrogen-bond acceptors (Lipinski definition) is 3. The van der Waals surface area contributed by atoms with E-state index >= 15 is 0 Å². The molecule has 0 aromatic carbocycles. The first-order valence-electron chi connectivity index (χ1n) is 6.09. The van der Waals surface area contributed by atoms with Gasteiger partial charge in [-0.15, -0.1) is 0 Å². The molecule has 0 aliphatic heterocycles. The molecule has 1 fully saturated rings. The van der Waals surface area contributed by atoms with Gasteiger partial charge in [-0.1, -0.05) is 0 Å². The number of imidazole rings is 1. The summed E-state index contributed by atoms with van der Waals surface area (Å²) in [4.78, 5) is 17.4. The first-order chi connectivity index (χ1) is 8.15. The number of nitrogens with one attached hydrogen (secondary N) is 1. The summed E-state index contributed by atoms with van der Waals surface area (Å²) in [5, 5.41) is 3.42. The standard InChI is InChI=1S/C12H20N4O/c1-15(2)12(17)5-6-16-8-11(14-9-16)7-13-10-3-4-10/h8-10,13H,3-7H2,1-2H3. The van der Waals surface area contributed by atoms with Crippen LogP contribution in [0, 0.1) is 0 Å². The smallest absolute Gasteiger partial charge is 0.223 e. The third-order valence-electron chi connectivity index (χ3n) is 2.92. The molecule has 17 heavy (non-hydrogen) atoms. The molecule has 0 spiro atoms. The van der Waals surface area contributed by atoms with E-state index in [1.807, 2.05) is 10.8 Å². The predicted octanol–water partition coefficient (Wildman–Crippen LogP) is 0.613. The van der Waals surface area contributed by atoms with Crippen LogP contribution in [0.2, 0.25) is 0 Å². The molecule has 1 N–H and O–H groups in total. The Morgan fingerprint density at radius 2 is 2.35 bits per heavy atom. The predicted molar refractivity (Wildman–Crippen MR) is 65.4 cm³/mol. The summed E-state index contributed by atoms with van der Waals surface area (Å²) in [6.45, 7) is 1.53. The van der Waals surface area contributed by atoms with Gasteiger partial charge >= 0.3 is 0 Å². The molecule has 5 nitrogen and oxygen atoms in total. The number of aromatic nitrogens is 2. The van der Waals surface area contributed by atoms with Crippen molar-refractivity contribution in [2.75, 3.05) is 14.1 Å². The normalized spacial score (nSPS) is 14.9. The van der Waals surface area contributed by atoms with Crippen LogP contribution < -0.4 is 5.32 Å². The molecule has 0 bridgehead atoms. The van der Waals surface area contributed by atoms with Crippen molar-refractivity contribution in [3.05, 3.63) is 18.2 Å². The average molecular weight is 236 g/mol. The van der Waals surface area contributed by atoms with Crippen molar-refractivity contribution in [1.29, 1.82) is 0 Å². The van der Waals surface area contributed by atoms with Crippen molar-refractivity contribution in [2.45, 2.75) is 38.4 Å². The van der Waals surface area contributed by atoms with Gasteiger partial charge in [-0.05, 0) is 12.8 Å². The van der Waals surface area contributed by atoms with Crippen molar-refractivity contribution in [3.63, 3.8) is 0 Å². The van der Waals surface area contributed by atoms with Gasteiger partial charge in [-0.25, -0.2) is 4.98 Å². The first kappa shape index (κ1) is 12.1. The van der Waals surface area contributed by atoms with Gasteiger partial charge < -0.3 is 14.8 Å². The van der Waals surface area contributed by atoms with E-state index in [1.165, 1.54) is 12.8 Å². The van der Waals surface area contributed by atoms with Crippen LogP contribution in [0.5, 0.6) is 0 Å². The van der Waals surface area contributed by atoms with E-state index in [9.17, 15) is 4.79 Å². The molecule has 0 unspecified atom stereocenters. The van der Waals surface area contributed by atoms with Crippen molar-refractivity contribution >= 4 is 5.91 Å². The van der Waals surface area contributed by atoms with E-state index in [2.05, 4.69) is 10.3 Å². The average Bonchev–Trinajstić information content (AvgIpc) is 3.02. The second-order valence-electron chi connectivity index (χ2n) is 4.80. The highest BCUT2D eigenvalue weighted by molar-refractivity contribution is 5.75. The van der Waals surface area contributed by atoms with Gasteiger partial charge in [0, 0.05) is 45.8 Å². The molecular weight excluding hydrogens is 216 g/mol. The fourth-order valence-electron chi connectivity index (χ4n) is 1.60. The molecule has 1 aromatic heterocycles. The lowest BCUT2D eigenvalue weighted by Gasteiger charge is -2.09. The molecule has 1 heterocycles. The van der Waals surface area contributed by atoms with Crippen LogP contribution in [-0.2, 0) is 17.9 Å². The van der Waals surface area contributed by atoms with Crippen LogP contribution in [0.4, 0.5) is 0 Å². The third kappa shape index (κ3) is 3.85. The Bertz CT molecular complexity index is 382. The molecule has 0 saturated heterocycles. The monoisotopic (exact) mass is 236 g/mol. The fourth-order valence-corrected chi connectivity index (χ4v) is 1.60. The van der Waals surface area contributed by atoms with Gasteiger partial charge in [0.05, 0.1) is 12.0 Å². The molecule has 94 valence electrons. The van der Waals surface area contributed by atoms with E-state index in [0.29, 0.717) is 19.0 Å². The minimum Gasteiger partial charge on any atom is -0.349 e. The highest BCUT2D eigenvalue weighted by Crippen LogP contribution is 2.18. The van der Waals surface area contributed by atoms with Gasteiger partial charge in [0.15, 0.2) is 0 Å².